The van der Waals surface area contributed by atoms with Gasteiger partial charge in [0.2, 0.25) is 5.91 Å². The summed E-state index contributed by atoms with van der Waals surface area (Å²) in [6.45, 7) is -0.743. The predicted molar refractivity (Wildman–Crippen MR) is 75.1 cm³/mol. The highest BCUT2D eigenvalue weighted by Crippen LogP contribution is 2.10. The van der Waals surface area contributed by atoms with Gasteiger partial charge in [0.25, 0.3) is 5.91 Å². The van der Waals surface area contributed by atoms with Crippen LogP contribution >= 0.6 is 11.6 Å². The molecule has 0 aliphatic heterocycles. The molecule has 0 bridgehead atoms. The van der Waals surface area contributed by atoms with Gasteiger partial charge in [-0.2, -0.15) is 0 Å². The zero-order valence-electron chi connectivity index (χ0n) is 11.0. The van der Waals surface area contributed by atoms with Gasteiger partial charge in [-0.25, -0.2) is 4.79 Å². The molecule has 1 rings (SSSR count). The fourth-order valence-electron chi connectivity index (χ4n) is 1.52. The van der Waals surface area contributed by atoms with E-state index in [-0.39, 0.29) is 19.6 Å². The van der Waals surface area contributed by atoms with Crippen molar-refractivity contribution >= 4 is 29.4 Å². The molecule has 114 valence electrons. The first kappa shape index (κ1) is 16.9. The number of aliphatic carboxylic acids is 1. The zero-order valence-corrected chi connectivity index (χ0v) is 11.8. The van der Waals surface area contributed by atoms with Crippen LogP contribution in [0.4, 0.5) is 0 Å². The van der Waals surface area contributed by atoms with Gasteiger partial charge in [0, 0.05) is 23.6 Å². The molecule has 0 aliphatic carbocycles. The SMILES string of the molecule is O=C(CNC(=O)c1cccc(Cl)c1)N[C@@H](CCO)C(=O)O. The van der Waals surface area contributed by atoms with Crippen LogP contribution in [0.1, 0.15) is 16.8 Å². The molecule has 7 nitrogen and oxygen atoms in total. The van der Waals surface area contributed by atoms with Crippen molar-refractivity contribution in [2.75, 3.05) is 13.2 Å². The van der Waals surface area contributed by atoms with Crippen LogP contribution in [-0.2, 0) is 9.59 Å². The van der Waals surface area contributed by atoms with Crippen molar-refractivity contribution in [1.82, 2.24) is 10.6 Å². The van der Waals surface area contributed by atoms with Crippen molar-refractivity contribution < 1.29 is 24.6 Å². The van der Waals surface area contributed by atoms with Crippen LogP contribution in [0.15, 0.2) is 24.3 Å². The zero-order chi connectivity index (χ0) is 15.8. The molecule has 0 unspecified atom stereocenters. The molecule has 2 amide bonds. The van der Waals surface area contributed by atoms with E-state index in [0.717, 1.165) is 0 Å². The lowest BCUT2D eigenvalue weighted by molar-refractivity contribution is -0.142. The van der Waals surface area contributed by atoms with E-state index in [0.29, 0.717) is 10.6 Å². The van der Waals surface area contributed by atoms with Crippen molar-refractivity contribution in [3.05, 3.63) is 34.9 Å². The molecule has 0 spiro atoms. The van der Waals surface area contributed by atoms with Crippen LogP contribution in [0, 0.1) is 0 Å². The number of carboxylic acid groups (broad SMARTS) is 1. The molecule has 0 aliphatic rings. The van der Waals surface area contributed by atoms with Crippen LogP contribution in [0.2, 0.25) is 5.02 Å². The number of nitrogens with one attached hydrogen (secondary N) is 2. The Bertz CT molecular complexity index is 535. The van der Waals surface area contributed by atoms with E-state index in [2.05, 4.69) is 10.6 Å². The summed E-state index contributed by atoms with van der Waals surface area (Å²) in [6, 6.07) is 4.99. The van der Waals surface area contributed by atoms with Crippen LogP contribution < -0.4 is 10.6 Å². The van der Waals surface area contributed by atoms with E-state index in [4.69, 9.17) is 21.8 Å². The van der Waals surface area contributed by atoms with E-state index >= 15 is 0 Å². The quantitative estimate of drug-likeness (QED) is 0.566. The topological polar surface area (TPSA) is 116 Å². The number of carbonyl (C=O) groups is 3. The first-order valence-corrected chi connectivity index (χ1v) is 6.48. The fourth-order valence-corrected chi connectivity index (χ4v) is 1.71. The number of amides is 2. The first-order valence-electron chi connectivity index (χ1n) is 6.11. The minimum absolute atomic E-state index is 0.108. The summed E-state index contributed by atoms with van der Waals surface area (Å²) in [4.78, 5) is 34.1. The lowest BCUT2D eigenvalue weighted by Crippen LogP contribution is -2.45. The normalized spacial score (nSPS) is 11.5. The van der Waals surface area contributed by atoms with Gasteiger partial charge in [0.15, 0.2) is 0 Å². The van der Waals surface area contributed by atoms with E-state index in [9.17, 15) is 14.4 Å². The number of aliphatic hydroxyl groups excluding tert-OH is 1. The van der Waals surface area contributed by atoms with Crippen molar-refractivity contribution in [1.29, 1.82) is 0 Å². The molecule has 1 aromatic carbocycles. The Hall–Kier alpha value is -2.12. The summed E-state index contributed by atoms with van der Waals surface area (Å²) in [5.41, 5.74) is 0.292. The van der Waals surface area contributed by atoms with Crippen molar-refractivity contribution in [3.63, 3.8) is 0 Å². The Kier molecular flexibility index (Phi) is 6.64. The average molecular weight is 315 g/mol. The summed E-state index contributed by atoms with van der Waals surface area (Å²) >= 11 is 5.74. The molecule has 21 heavy (non-hydrogen) atoms. The van der Waals surface area contributed by atoms with E-state index < -0.39 is 23.8 Å². The molecule has 0 heterocycles. The third kappa shape index (κ3) is 5.80. The second-order valence-electron chi connectivity index (χ2n) is 4.16. The average Bonchev–Trinajstić information content (AvgIpc) is 2.44. The predicted octanol–water partition coefficient (Wildman–Crippen LogP) is 0.0216. The number of rotatable bonds is 7. The molecule has 0 aromatic heterocycles. The van der Waals surface area contributed by atoms with Gasteiger partial charge in [0.1, 0.15) is 6.04 Å². The van der Waals surface area contributed by atoms with Gasteiger partial charge >= 0.3 is 5.97 Å². The maximum Gasteiger partial charge on any atom is 0.326 e. The molecule has 1 aromatic rings. The number of carbonyl (C=O) groups excluding carboxylic acids is 2. The minimum atomic E-state index is -1.25. The van der Waals surface area contributed by atoms with Gasteiger partial charge in [-0.05, 0) is 18.2 Å². The maximum absolute atomic E-state index is 11.7. The van der Waals surface area contributed by atoms with Gasteiger partial charge in [-0.1, -0.05) is 17.7 Å². The highest BCUT2D eigenvalue weighted by atomic mass is 35.5. The smallest absolute Gasteiger partial charge is 0.326 e. The largest absolute Gasteiger partial charge is 0.480 e. The van der Waals surface area contributed by atoms with Crippen LogP contribution in [0.5, 0.6) is 0 Å². The number of halogens is 1. The highest BCUT2D eigenvalue weighted by Gasteiger charge is 2.19. The van der Waals surface area contributed by atoms with Crippen LogP contribution in [-0.4, -0.2) is 47.2 Å². The summed E-state index contributed by atoms with van der Waals surface area (Å²) < 4.78 is 0. The van der Waals surface area contributed by atoms with Crippen LogP contribution in [0.3, 0.4) is 0 Å². The van der Waals surface area contributed by atoms with Crippen molar-refractivity contribution in [2.45, 2.75) is 12.5 Å². The monoisotopic (exact) mass is 314 g/mol. The van der Waals surface area contributed by atoms with Gasteiger partial charge in [-0.3, -0.25) is 9.59 Å². The third-order valence-corrected chi connectivity index (χ3v) is 2.78. The number of hydrogen-bond donors (Lipinski definition) is 4. The minimum Gasteiger partial charge on any atom is -0.480 e. The Morgan fingerprint density at radius 2 is 2.00 bits per heavy atom. The molecule has 0 radical (unpaired) electrons. The number of carboxylic acids is 1. The van der Waals surface area contributed by atoms with E-state index in [1.807, 2.05) is 0 Å². The third-order valence-electron chi connectivity index (χ3n) is 2.55. The molecule has 1 atom stereocenters. The molecule has 8 heteroatoms. The summed E-state index contributed by atoms with van der Waals surface area (Å²) in [5, 5.41) is 22.4. The van der Waals surface area contributed by atoms with E-state index in [1.54, 1.807) is 12.1 Å². The summed E-state index contributed by atoms with van der Waals surface area (Å²) in [5.74, 6) is -2.41. The molecule has 0 fully saturated rings. The van der Waals surface area contributed by atoms with E-state index in [1.165, 1.54) is 12.1 Å². The Labute approximate surface area is 125 Å². The Morgan fingerprint density at radius 3 is 2.57 bits per heavy atom. The first-order chi connectivity index (χ1) is 9.93. The van der Waals surface area contributed by atoms with Gasteiger partial charge in [-0.15, -0.1) is 0 Å². The molecule has 4 N–H and O–H groups in total. The second kappa shape index (κ2) is 8.23. The van der Waals surface area contributed by atoms with Crippen LogP contribution in [0.25, 0.3) is 0 Å². The number of hydrogen-bond acceptors (Lipinski definition) is 4. The lowest BCUT2D eigenvalue weighted by atomic mass is 10.2. The summed E-state index contributed by atoms with van der Waals surface area (Å²) in [6.07, 6.45) is -0.108. The molecule has 0 saturated carbocycles. The molecular weight excluding hydrogens is 300 g/mol. The standard InChI is InChI=1S/C13H15ClN2O5/c14-9-3-1-2-8(6-9)12(19)15-7-11(18)16-10(4-5-17)13(20)21/h1-3,6,10,17H,4-5,7H2,(H,15,19)(H,16,18)(H,20,21)/t10-/m0/s1. The second-order valence-corrected chi connectivity index (χ2v) is 4.60. The van der Waals surface area contributed by atoms with Crippen molar-refractivity contribution in [2.24, 2.45) is 0 Å². The number of aliphatic hydroxyl groups is 1. The Morgan fingerprint density at radius 1 is 1.29 bits per heavy atom. The fraction of sp³-hybridized carbons (Fsp3) is 0.308. The van der Waals surface area contributed by atoms with Gasteiger partial charge in [0.05, 0.1) is 6.54 Å². The summed E-state index contributed by atoms with van der Waals surface area (Å²) in [7, 11) is 0. The van der Waals surface area contributed by atoms with Gasteiger partial charge < -0.3 is 20.8 Å². The Balaban J connectivity index is 2.49. The number of benzene rings is 1. The van der Waals surface area contributed by atoms with Crippen molar-refractivity contribution in [3.8, 4) is 0 Å². The molecular formula is C13H15ClN2O5. The maximum atomic E-state index is 11.7. The molecule has 0 saturated heterocycles. The lowest BCUT2D eigenvalue weighted by Gasteiger charge is -2.13. The highest BCUT2D eigenvalue weighted by molar-refractivity contribution is 6.30.